The molecule has 1 rings (SSSR count). The van der Waals surface area contributed by atoms with E-state index in [4.69, 9.17) is 21.1 Å². The summed E-state index contributed by atoms with van der Waals surface area (Å²) in [7, 11) is 3.71. The quantitative estimate of drug-likeness (QED) is 0.0226. The van der Waals surface area contributed by atoms with Crippen LogP contribution in [0.3, 0.4) is 0 Å². The van der Waals surface area contributed by atoms with Gasteiger partial charge in [-0.3, -0.25) is 24.9 Å². The number of alkyl halides is 1. The Kier molecular flexibility index (Phi) is 56.7. The van der Waals surface area contributed by atoms with E-state index in [-0.39, 0.29) is 0 Å². The fourth-order valence-corrected chi connectivity index (χ4v) is 4.44. The average molecular weight is 843 g/mol. The highest BCUT2D eigenvalue weighted by atomic mass is 35.5. The number of aliphatic imine (C=N–C) groups is 5. The van der Waals surface area contributed by atoms with Gasteiger partial charge in [0.2, 0.25) is 0 Å². The van der Waals surface area contributed by atoms with Gasteiger partial charge in [0, 0.05) is 42.9 Å². The highest BCUT2D eigenvalue weighted by Crippen LogP contribution is 2.21. The van der Waals surface area contributed by atoms with Crippen LogP contribution in [-0.4, -0.2) is 96.2 Å². The Morgan fingerprint density at radius 3 is 2.17 bits per heavy atom. The van der Waals surface area contributed by atoms with Gasteiger partial charge in [0.15, 0.2) is 5.82 Å². The normalized spacial score (nSPS) is 12.4. The fourth-order valence-electron chi connectivity index (χ4n) is 4.36. The van der Waals surface area contributed by atoms with Crippen LogP contribution in [0.25, 0.3) is 0 Å². The molecule has 338 valence electrons. The number of methoxy groups -OCH3 is 1. The van der Waals surface area contributed by atoms with Crippen molar-refractivity contribution < 1.29 is 9.47 Å². The van der Waals surface area contributed by atoms with Gasteiger partial charge in [-0.25, -0.2) is 4.99 Å². The zero-order chi connectivity index (χ0) is 46.1. The van der Waals surface area contributed by atoms with Crippen LogP contribution >= 0.6 is 11.6 Å². The van der Waals surface area contributed by atoms with E-state index in [1.54, 1.807) is 31.8 Å². The highest BCUT2D eigenvalue weighted by Gasteiger charge is 2.07. The second-order valence-electron chi connectivity index (χ2n) is 12.6. The van der Waals surface area contributed by atoms with Crippen molar-refractivity contribution in [1.29, 1.82) is 0 Å². The number of ether oxygens (including phenoxy) is 2. The molecule has 1 N–H and O–H groups in total. The first-order chi connectivity index (χ1) is 28.5. The second-order valence-corrected chi connectivity index (χ2v) is 12.9. The van der Waals surface area contributed by atoms with Crippen LogP contribution in [0.15, 0.2) is 109 Å². The molecule has 0 aliphatic rings. The van der Waals surface area contributed by atoms with Crippen molar-refractivity contribution in [3.8, 4) is 0 Å². The largest absolute Gasteiger partial charge is 0.501 e. The lowest BCUT2D eigenvalue weighted by molar-refractivity contribution is 0.171. The molecule has 0 amide bonds. The van der Waals surface area contributed by atoms with Crippen molar-refractivity contribution in [2.45, 2.75) is 122 Å². The topological polar surface area (TPSA) is 95.5 Å². The van der Waals surface area contributed by atoms with Crippen LogP contribution in [0.1, 0.15) is 126 Å². The molecule has 0 aliphatic carbocycles. The molecule has 0 fully saturated rings. The molecule has 0 spiro atoms. The number of hydrogen-bond donors (Lipinski definition) is 1. The standard InChI is InChI=1S/C21H29N3.C14H25NO2.C7H14ClN3.C3H8.2C2H6/c1-6-8-14-20(22-5)21(23-7-2)24-15-10-12-18(4)19-13-9-11-17(3)16-19;1-6-7-9-17-10-8-15-11-13(4)14(16-5)12(2)3;1-3-11(2)7-10-5-4-9-6-8;1-3-2;2*1-2/h6-9,11,13-14,16,18,24H,1,5,10,12,15H2,2-4H3;6-7,11-12H,8-10H2,1-5H3;4-5H,3,6-7H2,1-2H3;3H2,1-2H3;2*1-2H3/b14-8+,21-20+,23-7-;7-6-,14-13+,15-11?;9-4-,10-5-;;;. The van der Waals surface area contributed by atoms with Crippen molar-refractivity contribution >= 4 is 43.2 Å². The van der Waals surface area contributed by atoms with Crippen LogP contribution in [-0.2, 0) is 9.47 Å². The number of allylic oxidation sites excluding steroid dienone is 6. The maximum atomic E-state index is 5.34. The van der Waals surface area contributed by atoms with Crippen LogP contribution in [0, 0.1) is 12.8 Å². The van der Waals surface area contributed by atoms with Gasteiger partial charge in [-0.15, -0.1) is 11.6 Å². The van der Waals surface area contributed by atoms with E-state index in [2.05, 4.69) is 121 Å². The number of halogens is 1. The molecule has 1 aromatic rings. The first kappa shape index (κ1) is 64.2. The molecule has 1 atom stereocenters. The van der Waals surface area contributed by atoms with Crippen LogP contribution in [0.4, 0.5) is 0 Å². The highest BCUT2D eigenvalue weighted by molar-refractivity contribution is 6.20. The minimum Gasteiger partial charge on any atom is -0.501 e. The molecule has 0 aliphatic heterocycles. The summed E-state index contributed by atoms with van der Waals surface area (Å²) in [5, 5.41) is 3.36. The number of nitrogens with one attached hydrogen (secondary N) is 1. The summed E-state index contributed by atoms with van der Waals surface area (Å²) in [6, 6.07) is 9.04. The number of rotatable bonds is 23. The predicted octanol–water partition coefficient (Wildman–Crippen LogP) is 13.1. The number of benzene rings is 1. The molecule has 0 aromatic heterocycles. The Balaban J connectivity index is -0.000000242. The van der Waals surface area contributed by atoms with E-state index in [9.17, 15) is 0 Å². The molecular formula is C49H88ClN7O2. The first-order valence-corrected chi connectivity index (χ1v) is 22.0. The van der Waals surface area contributed by atoms with Crippen molar-refractivity contribution in [3.05, 3.63) is 95.2 Å². The lowest BCUT2D eigenvalue weighted by Crippen LogP contribution is -2.17. The predicted molar refractivity (Wildman–Crippen MR) is 270 cm³/mol. The molecule has 0 bridgehead atoms. The van der Waals surface area contributed by atoms with E-state index in [0.29, 0.717) is 44.3 Å². The molecular weight excluding hydrogens is 754 g/mol. The Morgan fingerprint density at radius 2 is 1.66 bits per heavy atom. The Morgan fingerprint density at radius 1 is 1.02 bits per heavy atom. The molecule has 0 heterocycles. The van der Waals surface area contributed by atoms with E-state index < -0.39 is 0 Å². The minimum absolute atomic E-state index is 0.301. The van der Waals surface area contributed by atoms with Crippen LogP contribution < -0.4 is 5.32 Å². The van der Waals surface area contributed by atoms with E-state index in [1.165, 1.54) is 17.5 Å². The van der Waals surface area contributed by atoms with Gasteiger partial charge in [0.1, 0.15) is 17.5 Å². The van der Waals surface area contributed by atoms with Crippen LogP contribution in [0.2, 0.25) is 0 Å². The molecule has 9 nitrogen and oxygen atoms in total. The summed E-state index contributed by atoms with van der Waals surface area (Å²) in [6.45, 7) is 40.7. The monoisotopic (exact) mass is 842 g/mol. The lowest BCUT2D eigenvalue weighted by Gasteiger charge is -2.14. The summed E-state index contributed by atoms with van der Waals surface area (Å²) >= 11 is 5.30. The number of hydrogen-bond acceptors (Lipinski definition) is 9. The van der Waals surface area contributed by atoms with Gasteiger partial charge in [-0.1, -0.05) is 136 Å². The lowest BCUT2D eigenvalue weighted by atomic mass is 9.95. The summed E-state index contributed by atoms with van der Waals surface area (Å²) in [5.41, 5.74) is 4.52. The molecule has 0 saturated carbocycles. The van der Waals surface area contributed by atoms with E-state index in [0.717, 1.165) is 48.8 Å². The van der Waals surface area contributed by atoms with Gasteiger partial charge >= 0.3 is 0 Å². The molecule has 10 heteroatoms. The second kappa shape index (κ2) is 52.1. The summed E-state index contributed by atoms with van der Waals surface area (Å²) in [4.78, 5) is 22.6. The average Bonchev–Trinajstić information content (AvgIpc) is 3.24. The zero-order valence-corrected chi connectivity index (χ0v) is 41.3. The first-order valence-electron chi connectivity index (χ1n) is 21.4. The maximum Gasteiger partial charge on any atom is 0.151 e. The van der Waals surface area contributed by atoms with Crippen molar-refractivity contribution in [2.75, 3.05) is 59.7 Å². The SMILES string of the molecule is C/C=C\COCCN=C/C(C)=C(/OC)C(C)C.C=C/C=C/C(N=C)=C(/N=C\C)NCCCC(C)c1cccc(C)c1.CC.CC.CCC.CCN(C)C/N=C\C=N/CCl. The van der Waals surface area contributed by atoms with Crippen molar-refractivity contribution in [1.82, 2.24) is 10.2 Å². The summed E-state index contributed by atoms with van der Waals surface area (Å²) in [5.74, 6) is 2.67. The zero-order valence-electron chi connectivity index (χ0n) is 40.5. The molecule has 1 unspecified atom stereocenters. The van der Waals surface area contributed by atoms with Gasteiger partial charge in [-0.2, -0.15) is 0 Å². The Bertz CT molecular complexity index is 1350. The number of aryl methyl sites for hydroxylation is 1. The van der Waals surface area contributed by atoms with Crippen LogP contribution in [0.5, 0.6) is 0 Å². The summed E-state index contributed by atoms with van der Waals surface area (Å²) < 4.78 is 10.7. The summed E-state index contributed by atoms with van der Waals surface area (Å²) in [6.07, 6.45) is 19.7. The molecule has 0 saturated heterocycles. The van der Waals surface area contributed by atoms with Gasteiger partial charge in [-0.05, 0) is 78.4 Å². The third-order valence-electron chi connectivity index (χ3n) is 7.22. The van der Waals surface area contributed by atoms with Gasteiger partial charge in [0.25, 0.3) is 0 Å². The van der Waals surface area contributed by atoms with Crippen molar-refractivity contribution in [3.63, 3.8) is 0 Å². The van der Waals surface area contributed by atoms with Crippen molar-refractivity contribution in [2.24, 2.45) is 30.9 Å². The third kappa shape index (κ3) is 43.5. The minimum atomic E-state index is 0.301. The molecule has 0 radical (unpaired) electrons. The number of nitrogens with zero attached hydrogens (tertiary/aromatic N) is 6. The van der Waals surface area contributed by atoms with Gasteiger partial charge < -0.3 is 14.8 Å². The smallest absolute Gasteiger partial charge is 0.151 e. The Hall–Kier alpha value is -3.92. The Labute approximate surface area is 369 Å². The fraction of sp³-hybridized carbons (Fsp3) is 0.571. The molecule has 59 heavy (non-hydrogen) atoms. The maximum absolute atomic E-state index is 5.34. The van der Waals surface area contributed by atoms with E-state index >= 15 is 0 Å². The third-order valence-corrected chi connectivity index (χ3v) is 7.36. The van der Waals surface area contributed by atoms with E-state index in [1.807, 2.05) is 86.0 Å². The molecule has 1 aromatic carbocycles. The van der Waals surface area contributed by atoms with Gasteiger partial charge in [0.05, 0.1) is 33.5 Å².